The third-order valence-corrected chi connectivity index (χ3v) is 4.07. The van der Waals surface area contributed by atoms with Crippen LogP contribution in [0.25, 0.3) is 0 Å². The predicted octanol–water partition coefficient (Wildman–Crippen LogP) is 3.62. The molecule has 1 aromatic rings. The minimum atomic E-state index is 0. The molecular formula is C9H13Cl2NS. The zero-order chi connectivity index (χ0) is 8.55. The highest BCUT2D eigenvalue weighted by molar-refractivity contribution is 7.10. The Morgan fingerprint density at radius 1 is 1.54 bits per heavy atom. The van der Waals surface area contributed by atoms with Crippen molar-refractivity contribution in [1.29, 1.82) is 0 Å². The van der Waals surface area contributed by atoms with E-state index in [0.717, 1.165) is 5.02 Å². The first-order valence-electron chi connectivity index (χ1n) is 4.27. The Morgan fingerprint density at radius 3 is 2.62 bits per heavy atom. The van der Waals surface area contributed by atoms with Crippen molar-refractivity contribution in [3.05, 3.63) is 21.3 Å². The summed E-state index contributed by atoms with van der Waals surface area (Å²) in [7, 11) is 0. The van der Waals surface area contributed by atoms with Crippen LogP contribution in [-0.2, 0) is 0 Å². The number of nitrogens with two attached hydrogens (primary N) is 1. The van der Waals surface area contributed by atoms with Crippen LogP contribution in [0.5, 0.6) is 0 Å². The lowest BCUT2D eigenvalue weighted by Crippen LogP contribution is -2.26. The van der Waals surface area contributed by atoms with E-state index in [1.54, 1.807) is 11.3 Å². The Balaban J connectivity index is 0.000000845. The SMILES string of the molecule is Cl.N[C@@H](c1sccc1Cl)C1CCC1. The van der Waals surface area contributed by atoms with Crippen LogP contribution in [0.15, 0.2) is 11.4 Å². The van der Waals surface area contributed by atoms with Crippen LogP contribution in [-0.4, -0.2) is 0 Å². The minimum absolute atomic E-state index is 0. The molecule has 1 saturated carbocycles. The first-order chi connectivity index (χ1) is 5.79. The van der Waals surface area contributed by atoms with E-state index in [2.05, 4.69) is 0 Å². The summed E-state index contributed by atoms with van der Waals surface area (Å²) in [6.07, 6.45) is 3.88. The maximum absolute atomic E-state index is 6.07. The van der Waals surface area contributed by atoms with Gasteiger partial charge in [-0.1, -0.05) is 18.0 Å². The second-order valence-electron chi connectivity index (χ2n) is 3.35. The molecule has 1 fully saturated rings. The van der Waals surface area contributed by atoms with Crippen molar-refractivity contribution in [2.24, 2.45) is 11.7 Å². The van der Waals surface area contributed by atoms with Gasteiger partial charge >= 0.3 is 0 Å². The average molecular weight is 238 g/mol. The van der Waals surface area contributed by atoms with E-state index in [4.69, 9.17) is 17.3 Å². The largest absolute Gasteiger partial charge is 0.323 e. The zero-order valence-electron chi connectivity index (χ0n) is 7.20. The summed E-state index contributed by atoms with van der Waals surface area (Å²) < 4.78 is 0. The van der Waals surface area contributed by atoms with Crippen LogP contribution in [0, 0.1) is 5.92 Å². The summed E-state index contributed by atoms with van der Waals surface area (Å²) >= 11 is 7.67. The smallest absolute Gasteiger partial charge is 0.0561 e. The Morgan fingerprint density at radius 2 is 2.23 bits per heavy atom. The number of rotatable bonds is 2. The molecule has 1 aliphatic carbocycles. The first kappa shape index (κ1) is 11.3. The normalized spacial score (nSPS) is 18.9. The maximum atomic E-state index is 6.07. The molecule has 0 bridgehead atoms. The number of hydrogen-bond acceptors (Lipinski definition) is 2. The molecule has 0 amide bonds. The molecule has 13 heavy (non-hydrogen) atoms. The minimum Gasteiger partial charge on any atom is -0.323 e. The quantitative estimate of drug-likeness (QED) is 0.836. The van der Waals surface area contributed by atoms with Gasteiger partial charge in [-0.25, -0.2) is 0 Å². The average Bonchev–Trinajstić information content (AvgIpc) is 2.31. The second kappa shape index (κ2) is 4.65. The van der Waals surface area contributed by atoms with Gasteiger partial charge in [0.25, 0.3) is 0 Å². The number of hydrogen-bond donors (Lipinski definition) is 1. The molecule has 1 heterocycles. The third kappa shape index (κ3) is 2.18. The predicted molar refractivity (Wildman–Crippen MR) is 60.8 cm³/mol. The fourth-order valence-corrected chi connectivity index (χ4v) is 2.83. The van der Waals surface area contributed by atoms with Crippen LogP contribution in [0.4, 0.5) is 0 Å². The van der Waals surface area contributed by atoms with Crippen molar-refractivity contribution in [2.45, 2.75) is 25.3 Å². The first-order valence-corrected chi connectivity index (χ1v) is 5.53. The van der Waals surface area contributed by atoms with Gasteiger partial charge in [0.2, 0.25) is 0 Å². The molecule has 0 saturated heterocycles. The molecule has 1 aromatic heterocycles. The van der Waals surface area contributed by atoms with E-state index in [1.807, 2.05) is 11.4 Å². The van der Waals surface area contributed by atoms with Crippen molar-refractivity contribution in [3.63, 3.8) is 0 Å². The molecule has 0 radical (unpaired) electrons. The van der Waals surface area contributed by atoms with E-state index < -0.39 is 0 Å². The van der Waals surface area contributed by atoms with Crippen molar-refractivity contribution >= 4 is 35.3 Å². The molecule has 0 unspecified atom stereocenters. The van der Waals surface area contributed by atoms with E-state index in [9.17, 15) is 0 Å². The number of halogens is 2. The van der Waals surface area contributed by atoms with Crippen molar-refractivity contribution in [1.82, 2.24) is 0 Å². The zero-order valence-corrected chi connectivity index (χ0v) is 9.59. The summed E-state index contributed by atoms with van der Waals surface area (Å²) in [6, 6.07) is 2.12. The van der Waals surface area contributed by atoms with E-state index >= 15 is 0 Å². The van der Waals surface area contributed by atoms with Crippen molar-refractivity contribution < 1.29 is 0 Å². The molecule has 0 spiro atoms. The van der Waals surface area contributed by atoms with Gasteiger partial charge in [-0.15, -0.1) is 23.7 Å². The monoisotopic (exact) mass is 237 g/mol. The molecule has 1 nitrogen and oxygen atoms in total. The molecular weight excluding hydrogens is 225 g/mol. The third-order valence-electron chi connectivity index (χ3n) is 2.61. The fourth-order valence-electron chi connectivity index (χ4n) is 1.56. The van der Waals surface area contributed by atoms with Crippen LogP contribution in [0.1, 0.15) is 30.2 Å². The molecule has 0 aliphatic heterocycles. The lowest BCUT2D eigenvalue weighted by Gasteiger charge is -2.30. The second-order valence-corrected chi connectivity index (χ2v) is 4.70. The van der Waals surface area contributed by atoms with Gasteiger partial charge in [0.15, 0.2) is 0 Å². The van der Waals surface area contributed by atoms with E-state index in [0.29, 0.717) is 5.92 Å². The number of thiophene rings is 1. The molecule has 2 rings (SSSR count). The molecule has 2 N–H and O–H groups in total. The van der Waals surface area contributed by atoms with E-state index in [1.165, 1.54) is 24.1 Å². The van der Waals surface area contributed by atoms with Gasteiger partial charge in [0.05, 0.1) is 5.02 Å². The molecule has 0 aromatic carbocycles. The van der Waals surface area contributed by atoms with Crippen LogP contribution >= 0.6 is 35.3 Å². The lowest BCUT2D eigenvalue weighted by atomic mass is 9.79. The highest BCUT2D eigenvalue weighted by Gasteiger charge is 2.27. The molecule has 4 heteroatoms. The summed E-state index contributed by atoms with van der Waals surface area (Å²) in [5, 5.41) is 2.86. The summed E-state index contributed by atoms with van der Waals surface area (Å²) in [6.45, 7) is 0. The topological polar surface area (TPSA) is 26.0 Å². The Labute approximate surface area is 93.7 Å². The van der Waals surface area contributed by atoms with Crippen LogP contribution < -0.4 is 5.73 Å². The summed E-state index contributed by atoms with van der Waals surface area (Å²) in [4.78, 5) is 1.17. The highest BCUT2D eigenvalue weighted by atomic mass is 35.5. The van der Waals surface area contributed by atoms with Crippen LogP contribution in [0.2, 0.25) is 5.02 Å². The van der Waals surface area contributed by atoms with Gasteiger partial charge in [-0.2, -0.15) is 0 Å². The van der Waals surface area contributed by atoms with Crippen molar-refractivity contribution in [2.75, 3.05) is 0 Å². The maximum Gasteiger partial charge on any atom is 0.0561 e. The van der Waals surface area contributed by atoms with Crippen LogP contribution in [0.3, 0.4) is 0 Å². The summed E-state index contributed by atoms with van der Waals surface area (Å²) in [5.74, 6) is 0.682. The van der Waals surface area contributed by atoms with Gasteiger partial charge in [-0.05, 0) is 30.2 Å². The Kier molecular flexibility index (Phi) is 4.05. The molecule has 1 atom stereocenters. The Hall–Kier alpha value is 0.240. The van der Waals surface area contributed by atoms with Gasteiger partial charge in [0, 0.05) is 10.9 Å². The lowest BCUT2D eigenvalue weighted by molar-refractivity contribution is 0.267. The van der Waals surface area contributed by atoms with Gasteiger partial charge in [-0.3, -0.25) is 0 Å². The molecule has 74 valence electrons. The molecule has 1 aliphatic rings. The van der Waals surface area contributed by atoms with E-state index in [-0.39, 0.29) is 18.4 Å². The Bertz CT molecular complexity index is 270. The van der Waals surface area contributed by atoms with Gasteiger partial charge < -0.3 is 5.73 Å². The van der Waals surface area contributed by atoms with Crippen molar-refractivity contribution in [3.8, 4) is 0 Å². The fraction of sp³-hybridized carbons (Fsp3) is 0.556. The highest BCUT2D eigenvalue weighted by Crippen LogP contribution is 2.40. The van der Waals surface area contributed by atoms with Gasteiger partial charge in [0.1, 0.15) is 0 Å². The summed E-state index contributed by atoms with van der Waals surface area (Å²) in [5.41, 5.74) is 6.07. The standard InChI is InChI=1S/C9H12ClNS.ClH/c10-7-4-5-12-9(7)8(11)6-2-1-3-6;/h4-6,8H,1-3,11H2;1H/t8-;/m1./s1.